The summed E-state index contributed by atoms with van der Waals surface area (Å²) in [5, 5.41) is 18.0. The van der Waals surface area contributed by atoms with Gasteiger partial charge in [-0.05, 0) is 26.8 Å². The summed E-state index contributed by atoms with van der Waals surface area (Å²) in [7, 11) is 11.0. The molecule has 0 saturated heterocycles. The van der Waals surface area contributed by atoms with E-state index < -0.39 is 34.7 Å². The van der Waals surface area contributed by atoms with Gasteiger partial charge in [0, 0.05) is 23.8 Å². The summed E-state index contributed by atoms with van der Waals surface area (Å²) >= 11 is -0.556. The van der Waals surface area contributed by atoms with Crippen LogP contribution in [-0.2, 0) is 26.6 Å². The van der Waals surface area contributed by atoms with Gasteiger partial charge in [-0.25, -0.2) is 4.79 Å². The first-order chi connectivity index (χ1) is 11.9. The van der Waals surface area contributed by atoms with Gasteiger partial charge in [0.25, 0.3) is 5.91 Å². The van der Waals surface area contributed by atoms with Gasteiger partial charge in [0.1, 0.15) is 6.17 Å². The summed E-state index contributed by atoms with van der Waals surface area (Å²) in [6.45, 7) is 10.7. The second-order valence-corrected chi connectivity index (χ2v) is 9.03. The number of hydrogen-bond acceptors (Lipinski definition) is 5. The zero-order chi connectivity index (χ0) is 21.1. The Labute approximate surface area is 172 Å². The summed E-state index contributed by atoms with van der Waals surface area (Å²) in [5.74, 6) is -0.571. The van der Waals surface area contributed by atoms with Gasteiger partial charge in [-0.3, -0.25) is 14.6 Å². The number of aliphatic hydroxyl groups excluding tert-OH is 2. The predicted octanol–water partition coefficient (Wildman–Crippen LogP) is 3.97. The van der Waals surface area contributed by atoms with Gasteiger partial charge in [-0.2, -0.15) is 0 Å². The summed E-state index contributed by atoms with van der Waals surface area (Å²) in [4.78, 5) is 26.2. The molecule has 0 aromatic heterocycles. The Hall–Kier alpha value is -0.726. The van der Waals surface area contributed by atoms with E-state index in [2.05, 4.69) is 0 Å². The molecule has 10 heteroatoms. The molecule has 150 valence electrons. The van der Waals surface area contributed by atoms with Crippen LogP contribution in [0.4, 0.5) is 4.79 Å². The molecule has 1 rings (SSSR count). The number of hydrogen-bond donors (Lipinski definition) is 2. The molecule has 0 aromatic carbocycles. The number of rotatable bonds is 1. The van der Waals surface area contributed by atoms with E-state index in [1.165, 1.54) is 35.3 Å². The van der Waals surface area contributed by atoms with Crippen LogP contribution in [-0.4, -0.2) is 51.4 Å². The van der Waals surface area contributed by atoms with Crippen molar-refractivity contribution in [1.82, 2.24) is 9.80 Å². The number of carbonyl (C=O) groups excluding carboxylic acids is 2. The van der Waals surface area contributed by atoms with Crippen molar-refractivity contribution in [3.63, 3.8) is 0 Å². The first-order valence-electron chi connectivity index (χ1n) is 7.76. The number of aliphatic hydroxyl groups is 2. The van der Waals surface area contributed by atoms with Gasteiger partial charge in [-0.15, -0.1) is 0 Å². The zero-order valence-corrected chi connectivity index (χ0v) is 19.2. The van der Waals surface area contributed by atoms with Gasteiger partial charge in [0.2, 0.25) is 0 Å². The SMILES string of the molecule is C/C=C(\O)N1C(=O)C=CN(C(=O)OC)[C@H]1C(C)(C)C.CC(C)O.[Cl][Ti][Cl]. The number of allylic oxidation sites excluding steroid dienone is 1. The molecule has 26 heavy (non-hydrogen) atoms. The molecule has 1 aliphatic rings. The number of amides is 2. The van der Waals surface area contributed by atoms with Crippen LogP contribution in [0.25, 0.3) is 0 Å². The molecule has 2 N–H and O–H groups in total. The third kappa shape index (κ3) is 9.83. The third-order valence-corrected chi connectivity index (χ3v) is 2.79. The monoisotopic (exact) mass is 446 g/mol. The normalized spacial score (nSPS) is 17.1. The molecule has 0 saturated carbocycles. The zero-order valence-electron chi connectivity index (χ0n) is 16.2. The van der Waals surface area contributed by atoms with Crippen molar-refractivity contribution in [2.45, 2.75) is 53.8 Å². The molecule has 0 aliphatic carbocycles. The molecule has 0 bridgehead atoms. The van der Waals surface area contributed by atoms with E-state index in [1.54, 1.807) is 20.8 Å². The number of carbonyl (C=O) groups is 2. The second kappa shape index (κ2) is 13.4. The Morgan fingerprint density at radius 2 is 1.81 bits per heavy atom. The number of methoxy groups -OCH3 is 1. The molecule has 0 radical (unpaired) electrons. The standard InChI is InChI=1S/C13H20N2O4.C3H8O.2ClH.Ti/c1-6-9(16)15-10(17)7-8-14(12(18)19-5)11(15)13(2,3)4;1-3(2)4;;;/h6-8,11,16H,1-5H3;3-4H,1-2H3;2*1H;/q;;;;+2/p-2/b9-6-;;;;/t11-;;;;/m1..../s1. The fourth-order valence-corrected chi connectivity index (χ4v) is 2.00. The van der Waals surface area contributed by atoms with Gasteiger partial charge < -0.3 is 14.9 Å². The van der Waals surface area contributed by atoms with Crippen LogP contribution < -0.4 is 0 Å². The minimum atomic E-state index is -0.659. The average Bonchev–Trinajstić information content (AvgIpc) is 2.52. The van der Waals surface area contributed by atoms with Crippen LogP contribution in [0.5, 0.6) is 0 Å². The molecule has 1 atom stereocenters. The Morgan fingerprint density at radius 3 is 2.12 bits per heavy atom. The van der Waals surface area contributed by atoms with Crippen molar-refractivity contribution in [2.75, 3.05) is 7.11 Å². The first-order valence-corrected chi connectivity index (χ1v) is 12.1. The molecule has 0 spiro atoms. The fraction of sp³-hybridized carbons (Fsp3) is 0.625. The molecular formula is C16H28Cl2N2O5Ti. The van der Waals surface area contributed by atoms with Crippen molar-refractivity contribution >= 4 is 30.6 Å². The predicted molar refractivity (Wildman–Crippen MR) is 98.9 cm³/mol. The van der Waals surface area contributed by atoms with Crippen molar-refractivity contribution in [3.05, 3.63) is 24.2 Å². The van der Waals surface area contributed by atoms with Crippen molar-refractivity contribution in [1.29, 1.82) is 0 Å². The van der Waals surface area contributed by atoms with Gasteiger partial charge in [0.15, 0.2) is 5.88 Å². The van der Waals surface area contributed by atoms with Crippen LogP contribution in [0.1, 0.15) is 41.5 Å². The number of nitrogens with zero attached hydrogens (tertiary/aromatic N) is 2. The van der Waals surface area contributed by atoms with E-state index in [0.29, 0.717) is 0 Å². The van der Waals surface area contributed by atoms with Crippen LogP contribution >= 0.6 is 18.6 Å². The molecule has 7 nitrogen and oxygen atoms in total. The van der Waals surface area contributed by atoms with Crippen LogP contribution in [0, 0.1) is 5.41 Å². The van der Waals surface area contributed by atoms with Crippen LogP contribution in [0.2, 0.25) is 0 Å². The molecular weight excluding hydrogens is 419 g/mol. The van der Waals surface area contributed by atoms with Crippen LogP contribution in [0.3, 0.4) is 0 Å². The maximum absolute atomic E-state index is 12.0. The first kappa shape index (κ1) is 27.5. The van der Waals surface area contributed by atoms with E-state index in [1.807, 2.05) is 20.8 Å². The molecule has 0 aromatic rings. The van der Waals surface area contributed by atoms with Crippen LogP contribution in [0.15, 0.2) is 24.2 Å². The third-order valence-electron chi connectivity index (χ3n) is 2.79. The van der Waals surface area contributed by atoms with E-state index >= 15 is 0 Å². The second-order valence-electron chi connectivity index (χ2n) is 6.45. The van der Waals surface area contributed by atoms with Crippen molar-refractivity contribution in [3.8, 4) is 0 Å². The van der Waals surface area contributed by atoms with E-state index in [-0.39, 0.29) is 17.9 Å². The van der Waals surface area contributed by atoms with Crippen molar-refractivity contribution in [2.24, 2.45) is 5.41 Å². The Kier molecular flexibility index (Phi) is 14.2. The summed E-state index contributed by atoms with van der Waals surface area (Å²) in [5.41, 5.74) is -0.467. The number of halogens is 2. The van der Waals surface area contributed by atoms with Gasteiger partial charge >= 0.3 is 41.7 Å². The Balaban J connectivity index is 0. The minimum absolute atomic E-state index is 0.167. The van der Waals surface area contributed by atoms with E-state index in [0.717, 1.165) is 0 Å². The van der Waals surface area contributed by atoms with Crippen molar-refractivity contribution < 1.29 is 41.6 Å². The molecule has 2 amide bonds. The maximum atomic E-state index is 12.0. The molecule has 1 aliphatic heterocycles. The Bertz CT molecular complexity index is 505. The fourth-order valence-electron chi connectivity index (χ4n) is 2.00. The molecule has 1 heterocycles. The number of ether oxygens (including phenoxy) is 1. The Morgan fingerprint density at radius 1 is 1.38 bits per heavy atom. The van der Waals surface area contributed by atoms with Gasteiger partial charge in [-0.1, -0.05) is 20.8 Å². The molecule has 0 fully saturated rings. The summed E-state index contributed by atoms with van der Waals surface area (Å²) in [6, 6.07) is 0. The van der Waals surface area contributed by atoms with E-state index in [4.69, 9.17) is 28.5 Å². The van der Waals surface area contributed by atoms with E-state index in [9.17, 15) is 14.7 Å². The summed E-state index contributed by atoms with van der Waals surface area (Å²) in [6.07, 6.45) is 2.60. The summed E-state index contributed by atoms with van der Waals surface area (Å²) < 4.78 is 4.71. The quantitative estimate of drug-likeness (QED) is 0.469. The average molecular weight is 447 g/mol. The molecule has 0 unspecified atom stereocenters. The topological polar surface area (TPSA) is 90.3 Å². The van der Waals surface area contributed by atoms with Gasteiger partial charge in [0.05, 0.1) is 7.11 Å².